The van der Waals surface area contributed by atoms with E-state index in [1.165, 1.54) is 38.7 Å². The second kappa shape index (κ2) is 11.9. The van der Waals surface area contributed by atoms with Crippen LogP contribution in [0.3, 0.4) is 0 Å². The average Bonchev–Trinajstić information content (AvgIpc) is 3.49. The molecule has 212 valence electrons. The molecule has 13 heteroatoms. The second-order valence-corrected chi connectivity index (χ2v) is 11.7. The summed E-state index contributed by atoms with van der Waals surface area (Å²) in [6, 6.07) is 19.4. The van der Waals surface area contributed by atoms with E-state index in [0.29, 0.717) is 39.0 Å². The van der Waals surface area contributed by atoms with E-state index in [-0.39, 0.29) is 27.3 Å². The number of fused-ring (bicyclic) bond motifs is 1. The number of nitrogens with zero attached hydrogens (tertiary/aromatic N) is 3. The van der Waals surface area contributed by atoms with Gasteiger partial charge in [-0.3, -0.25) is 0 Å². The molecular weight excluding hydrogens is 596 g/mol. The third-order valence-corrected chi connectivity index (χ3v) is 9.03. The van der Waals surface area contributed by atoms with Crippen LogP contribution >= 0.6 is 23.1 Å². The van der Waals surface area contributed by atoms with Crippen LogP contribution in [0.5, 0.6) is 17.2 Å². The summed E-state index contributed by atoms with van der Waals surface area (Å²) in [5, 5.41) is 1.61. The highest BCUT2D eigenvalue weighted by molar-refractivity contribution is 7.93. The van der Waals surface area contributed by atoms with E-state index in [4.69, 9.17) is 25.8 Å². The number of hydrogen-bond donors (Lipinski definition) is 0. The molecule has 0 aliphatic heterocycles. The summed E-state index contributed by atoms with van der Waals surface area (Å²) in [4.78, 5) is 4.16. The second-order valence-electron chi connectivity index (χ2n) is 8.62. The maximum absolute atomic E-state index is 14.1. The molecule has 5 rings (SSSR count). The van der Waals surface area contributed by atoms with Gasteiger partial charge in [-0.2, -0.15) is 13.2 Å². The molecule has 1 aromatic heterocycles. The van der Waals surface area contributed by atoms with Crippen molar-refractivity contribution in [3.8, 4) is 28.4 Å². The van der Waals surface area contributed by atoms with Crippen molar-refractivity contribution in [2.45, 2.75) is 18.1 Å². The van der Waals surface area contributed by atoms with Gasteiger partial charge in [0.25, 0.3) is 10.0 Å². The van der Waals surface area contributed by atoms with Crippen LogP contribution in [0.25, 0.3) is 21.9 Å². The van der Waals surface area contributed by atoms with Crippen molar-refractivity contribution in [3.05, 3.63) is 89.7 Å². The Labute approximate surface area is 243 Å². The first-order chi connectivity index (χ1) is 19.7. The predicted molar refractivity (Wildman–Crippen MR) is 154 cm³/mol. The first kappa shape index (κ1) is 28.5. The summed E-state index contributed by atoms with van der Waals surface area (Å²) >= 11 is 6.96. The normalized spacial score (nSPS) is 11.6. The van der Waals surface area contributed by atoms with Crippen LogP contribution in [0.2, 0.25) is 5.02 Å². The summed E-state index contributed by atoms with van der Waals surface area (Å²) in [7, 11) is -1.14. The van der Waals surface area contributed by atoms with Crippen molar-refractivity contribution in [1.82, 2.24) is 9.36 Å². The van der Waals surface area contributed by atoms with E-state index in [0.717, 1.165) is 15.8 Å². The van der Waals surface area contributed by atoms with E-state index in [9.17, 15) is 17.2 Å². The van der Waals surface area contributed by atoms with Crippen LogP contribution in [0, 0.1) is 0 Å². The highest BCUT2D eigenvalue weighted by Gasteiger charge is 2.29. The molecule has 0 bridgehead atoms. The summed E-state index contributed by atoms with van der Waals surface area (Å²) in [5.41, 5.74) is 1.55. The third kappa shape index (κ3) is 5.90. The Morgan fingerprint density at radius 3 is 2.49 bits per heavy atom. The smallest absolute Gasteiger partial charge is 0.387 e. The fourth-order valence-corrected chi connectivity index (χ4v) is 6.69. The summed E-state index contributed by atoms with van der Waals surface area (Å²) in [6.07, 6.45) is 1.28. The molecular formula is C28H22ClF2N3O5S2. The Kier molecular flexibility index (Phi) is 8.25. The number of halogens is 3. The molecule has 41 heavy (non-hydrogen) atoms. The van der Waals surface area contributed by atoms with Crippen molar-refractivity contribution < 1.29 is 31.4 Å². The van der Waals surface area contributed by atoms with Crippen LogP contribution in [0.1, 0.15) is 5.56 Å². The van der Waals surface area contributed by atoms with Crippen molar-refractivity contribution in [1.29, 1.82) is 0 Å². The standard InChI is InChI=1S/C28H22ClF2N3O5S2/c1-37-20-8-6-18(25(14-20)38-2)15-34(28-32-16-33-40-28)41(35,36)21-9-11-22-17(12-21)4-3-5-23(22)24-10-7-19(29)13-26(24)39-27(30)31/h3-14,16,27H,15H2,1-2H3. The maximum Gasteiger partial charge on any atom is 0.387 e. The van der Waals surface area contributed by atoms with Crippen LogP contribution in [0.15, 0.2) is 84.0 Å². The van der Waals surface area contributed by atoms with E-state index in [1.807, 2.05) is 0 Å². The first-order valence-corrected chi connectivity index (χ1v) is 14.6. The molecule has 0 amide bonds. The van der Waals surface area contributed by atoms with Gasteiger partial charge in [-0.1, -0.05) is 35.9 Å². The number of anilines is 1. The lowest BCUT2D eigenvalue weighted by Gasteiger charge is -2.23. The van der Waals surface area contributed by atoms with Gasteiger partial charge in [-0.25, -0.2) is 17.7 Å². The number of alkyl halides is 2. The van der Waals surface area contributed by atoms with Gasteiger partial charge in [0.15, 0.2) is 0 Å². The number of rotatable bonds is 10. The molecule has 0 unspecified atom stereocenters. The molecule has 0 radical (unpaired) electrons. The zero-order chi connectivity index (χ0) is 29.1. The Morgan fingerprint density at radius 1 is 0.951 bits per heavy atom. The van der Waals surface area contributed by atoms with Crippen molar-refractivity contribution in [2.24, 2.45) is 0 Å². The lowest BCUT2D eigenvalue weighted by Crippen LogP contribution is -2.30. The Balaban J connectivity index is 1.58. The molecule has 1 heterocycles. The van der Waals surface area contributed by atoms with E-state index in [1.54, 1.807) is 54.6 Å². The fourth-order valence-electron chi connectivity index (χ4n) is 4.37. The lowest BCUT2D eigenvalue weighted by atomic mass is 9.97. The van der Waals surface area contributed by atoms with Crippen LogP contribution < -0.4 is 18.5 Å². The molecule has 0 spiro atoms. The molecule has 4 aromatic carbocycles. The van der Waals surface area contributed by atoms with Gasteiger partial charge < -0.3 is 14.2 Å². The molecule has 0 fully saturated rings. The lowest BCUT2D eigenvalue weighted by molar-refractivity contribution is -0.0494. The monoisotopic (exact) mass is 617 g/mol. The van der Waals surface area contributed by atoms with E-state index < -0.39 is 16.6 Å². The number of methoxy groups -OCH3 is 2. The van der Waals surface area contributed by atoms with E-state index in [2.05, 4.69) is 9.36 Å². The van der Waals surface area contributed by atoms with Crippen molar-refractivity contribution in [3.63, 3.8) is 0 Å². The van der Waals surface area contributed by atoms with Crippen LogP contribution in [-0.2, 0) is 16.6 Å². The summed E-state index contributed by atoms with van der Waals surface area (Å²) < 4.78 is 74.9. The minimum Gasteiger partial charge on any atom is -0.497 e. The SMILES string of the molecule is COc1ccc(CN(c2ncns2)S(=O)(=O)c2ccc3c(-c4ccc(Cl)cc4OC(F)F)cccc3c2)c(OC)c1. The van der Waals surface area contributed by atoms with Gasteiger partial charge in [-0.05, 0) is 58.8 Å². The number of ether oxygens (including phenoxy) is 3. The molecule has 8 nitrogen and oxygen atoms in total. The van der Waals surface area contributed by atoms with Crippen molar-refractivity contribution in [2.75, 3.05) is 18.5 Å². The maximum atomic E-state index is 14.1. The summed E-state index contributed by atoms with van der Waals surface area (Å²) in [6.45, 7) is -3.13. The topological polar surface area (TPSA) is 90.9 Å². The van der Waals surface area contributed by atoms with E-state index >= 15 is 0 Å². The largest absolute Gasteiger partial charge is 0.497 e. The Hall–Kier alpha value is -4.00. The predicted octanol–water partition coefficient (Wildman–Crippen LogP) is 7.03. The average molecular weight is 618 g/mol. The zero-order valence-electron chi connectivity index (χ0n) is 21.6. The number of benzene rings is 4. The number of sulfonamides is 1. The highest BCUT2D eigenvalue weighted by Crippen LogP contribution is 2.39. The first-order valence-electron chi connectivity index (χ1n) is 12.0. The third-order valence-electron chi connectivity index (χ3n) is 6.26. The highest BCUT2D eigenvalue weighted by atomic mass is 35.5. The molecule has 0 saturated heterocycles. The minimum atomic E-state index is -4.15. The minimum absolute atomic E-state index is 0.00462. The van der Waals surface area contributed by atoms with Gasteiger partial charge in [0, 0.05) is 33.7 Å². The Bertz CT molecular complexity index is 1800. The van der Waals surface area contributed by atoms with Gasteiger partial charge in [0.05, 0.1) is 25.7 Å². The molecule has 0 aliphatic carbocycles. The van der Waals surface area contributed by atoms with Crippen LogP contribution in [-0.4, -0.2) is 38.6 Å². The number of aromatic nitrogens is 2. The van der Waals surface area contributed by atoms with Gasteiger partial charge in [-0.15, -0.1) is 0 Å². The Morgan fingerprint density at radius 2 is 1.78 bits per heavy atom. The molecule has 0 atom stereocenters. The van der Waals surface area contributed by atoms with Crippen LogP contribution in [0.4, 0.5) is 13.9 Å². The molecule has 5 aromatic rings. The number of hydrogen-bond acceptors (Lipinski definition) is 8. The quantitative estimate of drug-likeness (QED) is 0.166. The molecule has 0 N–H and O–H groups in total. The van der Waals surface area contributed by atoms with Crippen molar-refractivity contribution >= 4 is 49.1 Å². The fraction of sp³-hybridized carbons (Fsp3) is 0.143. The molecule has 0 aliphatic rings. The van der Waals surface area contributed by atoms with Gasteiger partial charge >= 0.3 is 6.61 Å². The van der Waals surface area contributed by atoms with Gasteiger partial charge in [0.1, 0.15) is 23.6 Å². The zero-order valence-corrected chi connectivity index (χ0v) is 24.0. The molecule has 0 saturated carbocycles. The summed E-state index contributed by atoms with van der Waals surface area (Å²) in [5.74, 6) is 0.915. The van der Waals surface area contributed by atoms with Gasteiger partial charge in [0.2, 0.25) is 5.13 Å².